The summed E-state index contributed by atoms with van der Waals surface area (Å²) in [6.07, 6.45) is 4.99. The van der Waals surface area contributed by atoms with E-state index in [2.05, 4.69) is 53.6 Å². The molecule has 0 aliphatic carbocycles. The van der Waals surface area contributed by atoms with Crippen molar-refractivity contribution in [3.63, 3.8) is 0 Å². The molecule has 0 bridgehead atoms. The number of nitrogens with zero attached hydrogens (tertiary/aromatic N) is 3. The van der Waals surface area contributed by atoms with Crippen molar-refractivity contribution in [2.75, 3.05) is 5.75 Å². The zero-order valence-corrected chi connectivity index (χ0v) is 17.3. The number of carbonyl (C=O) groups excluding carboxylic acids is 1. The van der Waals surface area contributed by atoms with E-state index < -0.39 is 0 Å². The maximum atomic E-state index is 12.3. The van der Waals surface area contributed by atoms with Gasteiger partial charge in [0, 0.05) is 18.2 Å². The van der Waals surface area contributed by atoms with Gasteiger partial charge in [0.25, 0.3) is 0 Å². The lowest BCUT2D eigenvalue weighted by molar-refractivity contribution is -0.119. The van der Waals surface area contributed by atoms with Crippen molar-refractivity contribution in [2.24, 2.45) is 0 Å². The first kappa shape index (κ1) is 20.2. The van der Waals surface area contributed by atoms with Crippen LogP contribution < -0.4 is 5.32 Å². The highest BCUT2D eigenvalue weighted by atomic mass is 32.2. The summed E-state index contributed by atoms with van der Waals surface area (Å²) < 4.78 is 7.23. The Balaban J connectivity index is 1.50. The number of benzene rings is 1. The molecule has 3 aromatic rings. The maximum absolute atomic E-state index is 12.3. The quantitative estimate of drug-likeness (QED) is 0.547. The first-order chi connectivity index (χ1) is 13.5. The van der Waals surface area contributed by atoms with Gasteiger partial charge in [-0.2, -0.15) is 0 Å². The number of aryl methyl sites for hydroxylation is 1. The van der Waals surface area contributed by atoms with E-state index in [1.165, 1.54) is 17.3 Å². The summed E-state index contributed by atoms with van der Waals surface area (Å²) in [6.45, 7) is 6.34. The van der Waals surface area contributed by atoms with Crippen molar-refractivity contribution in [1.82, 2.24) is 20.1 Å². The molecule has 0 saturated carbocycles. The van der Waals surface area contributed by atoms with Crippen LogP contribution in [0.1, 0.15) is 44.4 Å². The van der Waals surface area contributed by atoms with E-state index in [0.29, 0.717) is 16.8 Å². The molecular weight excluding hydrogens is 372 g/mol. The van der Waals surface area contributed by atoms with Gasteiger partial charge < -0.3 is 9.73 Å². The summed E-state index contributed by atoms with van der Waals surface area (Å²) in [6, 6.07) is 12.2. The average molecular weight is 399 g/mol. The minimum Gasteiger partial charge on any atom is -0.469 e. The maximum Gasteiger partial charge on any atom is 0.230 e. The number of carbonyl (C=O) groups is 1. The van der Waals surface area contributed by atoms with Crippen molar-refractivity contribution in [3.05, 3.63) is 60.3 Å². The molecule has 2 heterocycles. The summed E-state index contributed by atoms with van der Waals surface area (Å²) in [4.78, 5) is 12.3. The van der Waals surface area contributed by atoms with Gasteiger partial charge in [0.2, 0.25) is 5.91 Å². The van der Waals surface area contributed by atoms with Crippen LogP contribution in [0.2, 0.25) is 0 Å². The van der Waals surface area contributed by atoms with Crippen molar-refractivity contribution < 1.29 is 9.21 Å². The van der Waals surface area contributed by atoms with Crippen molar-refractivity contribution in [3.8, 4) is 5.69 Å². The van der Waals surface area contributed by atoms with Crippen molar-refractivity contribution in [2.45, 2.75) is 50.7 Å². The Labute approximate surface area is 169 Å². The predicted octanol–water partition coefficient (Wildman–Crippen LogP) is 4.21. The van der Waals surface area contributed by atoms with Crippen LogP contribution in [0, 0.1) is 0 Å². The highest BCUT2D eigenvalue weighted by Crippen LogP contribution is 2.21. The molecule has 148 valence electrons. The molecule has 1 atom stereocenters. The van der Waals surface area contributed by atoms with Gasteiger partial charge in [-0.05, 0) is 49.1 Å². The summed E-state index contributed by atoms with van der Waals surface area (Å²) >= 11 is 1.38. The smallest absolute Gasteiger partial charge is 0.230 e. The third-order valence-corrected chi connectivity index (χ3v) is 5.44. The number of amides is 1. The van der Waals surface area contributed by atoms with Gasteiger partial charge in [0.1, 0.15) is 12.1 Å². The van der Waals surface area contributed by atoms with Gasteiger partial charge >= 0.3 is 0 Å². The van der Waals surface area contributed by atoms with Crippen LogP contribution in [-0.4, -0.2) is 32.5 Å². The second kappa shape index (κ2) is 9.59. The first-order valence-corrected chi connectivity index (χ1v) is 10.5. The Kier molecular flexibility index (Phi) is 6.92. The number of rotatable bonds is 9. The molecule has 28 heavy (non-hydrogen) atoms. The van der Waals surface area contributed by atoms with Crippen LogP contribution in [0.3, 0.4) is 0 Å². The fourth-order valence-corrected chi connectivity index (χ4v) is 3.59. The molecule has 0 radical (unpaired) electrons. The van der Waals surface area contributed by atoms with E-state index in [9.17, 15) is 4.79 Å². The second-order valence-corrected chi connectivity index (χ2v) is 8.05. The third-order valence-electron chi connectivity index (χ3n) is 4.50. The van der Waals surface area contributed by atoms with Gasteiger partial charge in [-0.1, -0.05) is 37.7 Å². The molecule has 1 aromatic carbocycles. The second-order valence-electron chi connectivity index (χ2n) is 7.11. The molecule has 1 unspecified atom stereocenters. The zero-order valence-electron chi connectivity index (χ0n) is 16.5. The van der Waals surface area contributed by atoms with Crippen LogP contribution >= 0.6 is 11.8 Å². The Hall–Kier alpha value is -2.54. The molecule has 7 heteroatoms. The number of nitrogens with one attached hydrogen (secondary N) is 1. The Morgan fingerprint density at radius 3 is 2.68 bits per heavy atom. The lowest BCUT2D eigenvalue weighted by atomic mass is 10.0. The highest BCUT2D eigenvalue weighted by molar-refractivity contribution is 7.99. The largest absolute Gasteiger partial charge is 0.469 e. The minimum absolute atomic E-state index is 0.0124. The minimum atomic E-state index is -0.0124. The Bertz CT molecular complexity index is 872. The van der Waals surface area contributed by atoms with E-state index >= 15 is 0 Å². The summed E-state index contributed by atoms with van der Waals surface area (Å²) in [5, 5.41) is 11.9. The standard InChI is InChI=1S/C21H26N4O2S/c1-15(2)17-7-9-18(10-8-17)25-14-22-24-21(25)28-13-20(26)23-16(3)6-11-19-5-4-12-27-19/h4-5,7-10,12,14-16H,6,11,13H2,1-3H3,(H,23,26). The number of hydrogen-bond acceptors (Lipinski definition) is 5. The average Bonchev–Trinajstić information content (AvgIpc) is 3.36. The number of aromatic nitrogens is 3. The molecule has 1 amide bonds. The van der Waals surface area contributed by atoms with Crippen LogP contribution in [-0.2, 0) is 11.2 Å². The van der Waals surface area contributed by atoms with Crippen molar-refractivity contribution >= 4 is 17.7 Å². The number of hydrogen-bond donors (Lipinski definition) is 1. The van der Waals surface area contributed by atoms with Gasteiger partial charge in [-0.25, -0.2) is 0 Å². The molecule has 2 aromatic heterocycles. The molecular formula is C21H26N4O2S. The normalized spacial score (nSPS) is 12.3. The van der Waals surface area contributed by atoms with Crippen LogP contribution in [0.25, 0.3) is 5.69 Å². The van der Waals surface area contributed by atoms with Crippen LogP contribution in [0.5, 0.6) is 0 Å². The van der Waals surface area contributed by atoms with E-state index in [1.54, 1.807) is 12.6 Å². The lowest BCUT2D eigenvalue weighted by Crippen LogP contribution is -2.34. The molecule has 6 nitrogen and oxygen atoms in total. The third kappa shape index (κ3) is 5.48. The van der Waals surface area contributed by atoms with E-state index in [0.717, 1.165) is 24.3 Å². The van der Waals surface area contributed by atoms with Crippen LogP contribution in [0.15, 0.2) is 58.6 Å². The Morgan fingerprint density at radius 2 is 2.00 bits per heavy atom. The molecule has 0 fully saturated rings. The predicted molar refractivity (Wildman–Crippen MR) is 111 cm³/mol. The van der Waals surface area contributed by atoms with Gasteiger partial charge in [-0.15, -0.1) is 10.2 Å². The fourth-order valence-electron chi connectivity index (χ4n) is 2.85. The topological polar surface area (TPSA) is 73.0 Å². The van der Waals surface area contributed by atoms with Crippen molar-refractivity contribution in [1.29, 1.82) is 0 Å². The summed E-state index contributed by atoms with van der Waals surface area (Å²) in [5.41, 5.74) is 2.28. The van der Waals surface area contributed by atoms with Crippen LogP contribution in [0.4, 0.5) is 0 Å². The highest BCUT2D eigenvalue weighted by Gasteiger charge is 2.13. The molecule has 0 aliphatic heterocycles. The molecule has 0 spiro atoms. The first-order valence-electron chi connectivity index (χ1n) is 9.48. The van der Waals surface area contributed by atoms with E-state index in [-0.39, 0.29) is 11.9 Å². The van der Waals surface area contributed by atoms with Gasteiger partial charge in [0.15, 0.2) is 5.16 Å². The zero-order chi connectivity index (χ0) is 19.9. The summed E-state index contributed by atoms with van der Waals surface area (Å²) in [7, 11) is 0. The molecule has 0 saturated heterocycles. The lowest BCUT2D eigenvalue weighted by Gasteiger charge is -2.13. The molecule has 0 aliphatic rings. The number of thioether (sulfide) groups is 1. The molecule has 3 rings (SSSR count). The van der Waals surface area contributed by atoms with Gasteiger partial charge in [-0.3, -0.25) is 9.36 Å². The monoisotopic (exact) mass is 398 g/mol. The summed E-state index contributed by atoms with van der Waals surface area (Å²) in [5.74, 6) is 1.71. The molecule has 1 N–H and O–H groups in total. The van der Waals surface area contributed by atoms with E-state index in [1.807, 2.05) is 23.6 Å². The SMILES string of the molecule is CC(CCc1ccco1)NC(=O)CSc1nncn1-c1ccc(C(C)C)cc1. The fraction of sp³-hybridized carbons (Fsp3) is 0.381. The van der Waals surface area contributed by atoms with Gasteiger partial charge in [0.05, 0.1) is 12.0 Å². The Morgan fingerprint density at radius 1 is 1.21 bits per heavy atom. The van der Waals surface area contributed by atoms with E-state index in [4.69, 9.17) is 4.42 Å². The number of furan rings is 1.